The molecule has 126 valence electrons. The van der Waals surface area contributed by atoms with Gasteiger partial charge in [-0.3, -0.25) is 0 Å². The van der Waals surface area contributed by atoms with E-state index in [9.17, 15) is 0 Å². The Morgan fingerprint density at radius 2 is 2.04 bits per heavy atom. The molecule has 1 fully saturated rings. The van der Waals surface area contributed by atoms with Crippen molar-refractivity contribution in [2.24, 2.45) is 5.92 Å². The summed E-state index contributed by atoms with van der Waals surface area (Å²) in [5.41, 5.74) is 5.95. The second kappa shape index (κ2) is 6.74. The fourth-order valence-electron chi connectivity index (χ4n) is 3.65. The number of hydrogen-bond acceptors (Lipinski definition) is 2. The molecule has 3 nitrogen and oxygen atoms in total. The molecule has 25 heavy (non-hydrogen) atoms. The molecule has 2 unspecified atom stereocenters. The summed E-state index contributed by atoms with van der Waals surface area (Å²) < 4.78 is 0. The van der Waals surface area contributed by atoms with Crippen LogP contribution >= 0.6 is 0 Å². The summed E-state index contributed by atoms with van der Waals surface area (Å²) in [6, 6.07) is 16.9. The van der Waals surface area contributed by atoms with E-state index >= 15 is 0 Å². The van der Waals surface area contributed by atoms with Gasteiger partial charge in [0.2, 0.25) is 0 Å². The summed E-state index contributed by atoms with van der Waals surface area (Å²) in [4.78, 5) is 3.34. The Labute approximate surface area is 148 Å². The van der Waals surface area contributed by atoms with E-state index in [0.29, 0.717) is 11.8 Å². The third kappa shape index (κ3) is 3.45. The number of hydrogen-bond donors (Lipinski definition) is 2. The van der Waals surface area contributed by atoms with Crippen molar-refractivity contribution < 1.29 is 0 Å². The number of benzene rings is 2. The maximum absolute atomic E-state index is 9.11. The Hall–Kier alpha value is -2.57. The van der Waals surface area contributed by atoms with E-state index in [1.807, 2.05) is 18.2 Å². The third-order valence-electron chi connectivity index (χ3n) is 5.28. The lowest BCUT2D eigenvalue weighted by Gasteiger charge is -2.05. The van der Waals surface area contributed by atoms with Gasteiger partial charge in [0, 0.05) is 17.1 Å². The van der Waals surface area contributed by atoms with Gasteiger partial charge in [0.15, 0.2) is 0 Å². The Morgan fingerprint density at radius 3 is 2.84 bits per heavy atom. The highest BCUT2D eigenvalue weighted by Gasteiger charge is 2.39. The quantitative estimate of drug-likeness (QED) is 0.663. The number of fused-ring (bicyclic) bond motifs is 1. The Kier molecular flexibility index (Phi) is 4.29. The van der Waals surface area contributed by atoms with Crippen LogP contribution in [0.25, 0.3) is 10.9 Å². The predicted octanol–water partition coefficient (Wildman–Crippen LogP) is 4.28. The minimum Gasteiger partial charge on any atom is -0.361 e. The zero-order chi connectivity index (χ0) is 17.2. The molecule has 0 spiro atoms. The molecule has 0 radical (unpaired) electrons. The van der Waals surface area contributed by atoms with Crippen molar-refractivity contribution in [1.82, 2.24) is 10.3 Å². The summed E-state index contributed by atoms with van der Waals surface area (Å²) in [7, 11) is 0. The largest absolute Gasteiger partial charge is 0.361 e. The maximum Gasteiger partial charge on any atom is 0.0991 e. The van der Waals surface area contributed by atoms with E-state index in [-0.39, 0.29) is 0 Å². The SMILES string of the molecule is Cc1ccc(CCNCC2CC2c2c[nH]c3ccc(C#N)cc23)cc1. The van der Waals surface area contributed by atoms with Crippen LogP contribution in [0.5, 0.6) is 0 Å². The first-order valence-corrected chi connectivity index (χ1v) is 9.02. The van der Waals surface area contributed by atoms with Crippen molar-refractivity contribution in [3.63, 3.8) is 0 Å². The van der Waals surface area contributed by atoms with Crippen LogP contribution in [-0.4, -0.2) is 18.1 Å². The molecule has 0 bridgehead atoms. The van der Waals surface area contributed by atoms with Gasteiger partial charge in [0.25, 0.3) is 0 Å². The number of aromatic nitrogens is 1. The molecule has 1 heterocycles. The van der Waals surface area contributed by atoms with Crippen molar-refractivity contribution in [1.29, 1.82) is 5.26 Å². The fraction of sp³-hybridized carbons (Fsp3) is 0.318. The van der Waals surface area contributed by atoms with E-state index in [2.05, 4.69) is 53.8 Å². The lowest BCUT2D eigenvalue weighted by atomic mass is 10.1. The van der Waals surface area contributed by atoms with Gasteiger partial charge >= 0.3 is 0 Å². The summed E-state index contributed by atoms with van der Waals surface area (Å²) in [5.74, 6) is 1.33. The molecular weight excluding hydrogens is 306 g/mol. The van der Waals surface area contributed by atoms with Crippen LogP contribution in [0.3, 0.4) is 0 Å². The minimum absolute atomic E-state index is 0.620. The zero-order valence-electron chi connectivity index (χ0n) is 14.5. The lowest BCUT2D eigenvalue weighted by molar-refractivity contribution is 0.627. The van der Waals surface area contributed by atoms with Crippen LogP contribution in [-0.2, 0) is 6.42 Å². The summed E-state index contributed by atoms with van der Waals surface area (Å²) in [6.07, 6.45) is 4.44. The van der Waals surface area contributed by atoms with Crippen LogP contribution in [0, 0.1) is 24.2 Å². The van der Waals surface area contributed by atoms with Crippen molar-refractivity contribution >= 4 is 10.9 Å². The molecule has 1 aromatic heterocycles. The molecular formula is C22H23N3. The first-order chi connectivity index (χ1) is 12.2. The number of nitrogens with one attached hydrogen (secondary N) is 2. The molecule has 0 aliphatic heterocycles. The van der Waals surface area contributed by atoms with Crippen LogP contribution in [0.2, 0.25) is 0 Å². The molecule has 2 aromatic carbocycles. The number of H-pyrrole nitrogens is 1. The average Bonchev–Trinajstić information content (AvgIpc) is 3.28. The van der Waals surface area contributed by atoms with Gasteiger partial charge in [-0.2, -0.15) is 5.26 Å². The van der Waals surface area contributed by atoms with Crippen molar-refractivity contribution in [3.8, 4) is 6.07 Å². The predicted molar refractivity (Wildman–Crippen MR) is 102 cm³/mol. The summed E-state index contributed by atoms with van der Waals surface area (Å²) >= 11 is 0. The highest BCUT2D eigenvalue weighted by atomic mass is 14.9. The Bertz CT molecular complexity index is 915. The molecule has 0 saturated heterocycles. The second-order valence-electron chi connectivity index (χ2n) is 7.16. The van der Waals surface area contributed by atoms with E-state index in [1.54, 1.807) is 0 Å². The van der Waals surface area contributed by atoms with Gasteiger partial charge in [-0.15, -0.1) is 0 Å². The van der Waals surface area contributed by atoms with Gasteiger partial charge in [-0.05, 0) is 74.0 Å². The Balaban J connectivity index is 1.31. The molecule has 3 heteroatoms. The van der Waals surface area contributed by atoms with E-state index in [1.165, 1.54) is 28.5 Å². The molecule has 1 aliphatic carbocycles. The molecule has 0 amide bonds. The third-order valence-corrected chi connectivity index (χ3v) is 5.28. The lowest BCUT2D eigenvalue weighted by Crippen LogP contribution is -2.20. The topological polar surface area (TPSA) is 51.6 Å². The van der Waals surface area contributed by atoms with Crippen LogP contribution in [0.1, 0.15) is 34.6 Å². The van der Waals surface area contributed by atoms with Crippen molar-refractivity contribution in [3.05, 3.63) is 70.9 Å². The van der Waals surface area contributed by atoms with Gasteiger partial charge < -0.3 is 10.3 Å². The van der Waals surface area contributed by atoms with Gasteiger partial charge in [-0.1, -0.05) is 29.8 Å². The minimum atomic E-state index is 0.620. The molecule has 2 N–H and O–H groups in total. The van der Waals surface area contributed by atoms with Crippen molar-refractivity contribution in [2.45, 2.75) is 25.7 Å². The summed E-state index contributed by atoms with van der Waals surface area (Å²) in [5, 5.41) is 13.9. The van der Waals surface area contributed by atoms with Crippen LogP contribution in [0.15, 0.2) is 48.7 Å². The number of aryl methyl sites for hydroxylation is 1. The van der Waals surface area contributed by atoms with E-state index in [0.717, 1.165) is 30.6 Å². The standard InChI is InChI=1S/C22H23N3/c1-15-2-4-16(5-3-15)8-9-24-13-18-11-19(18)21-14-25-22-7-6-17(12-23)10-20(21)22/h2-7,10,14,18-19,24-25H,8-9,11,13H2,1H3. The van der Waals surface area contributed by atoms with Crippen molar-refractivity contribution in [2.75, 3.05) is 13.1 Å². The monoisotopic (exact) mass is 329 g/mol. The summed E-state index contributed by atoms with van der Waals surface area (Å²) in [6.45, 7) is 4.22. The van der Waals surface area contributed by atoms with Crippen LogP contribution < -0.4 is 5.32 Å². The number of rotatable bonds is 6. The van der Waals surface area contributed by atoms with Crippen LogP contribution in [0.4, 0.5) is 0 Å². The Morgan fingerprint density at radius 1 is 1.20 bits per heavy atom. The van der Waals surface area contributed by atoms with Gasteiger partial charge in [0.05, 0.1) is 11.6 Å². The number of aromatic amines is 1. The number of nitrogens with zero attached hydrogens (tertiary/aromatic N) is 1. The molecule has 3 aromatic rings. The molecule has 1 aliphatic rings. The smallest absolute Gasteiger partial charge is 0.0991 e. The second-order valence-corrected chi connectivity index (χ2v) is 7.16. The molecule has 4 rings (SSSR count). The normalized spacial score (nSPS) is 19.0. The van der Waals surface area contributed by atoms with Gasteiger partial charge in [-0.25, -0.2) is 0 Å². The highest BCUT2D eigenvalue weighted by Crippen LogP contribution is 2.49. The van der Waals surface area contributed by atoms with E-state index < -0.39 is 0 Å². The van der Waals surface area contributed by atoms with E-state index in [4.69, 9.17) is 5.26 Å². The fourth-order valence-corrected chi connectivity index (χ4v) is 3.65. The zero-order valence-corrected chi connectivity index (χ0v) is 14.5. The molecule has 2 atom stereocenters. The first-order valence-electron chi connectivity index (χ1n) is 9.02. The number of nitriles is 1. The highest BCUT2D eigenvalue weighted by molar-refractivity contribution is 5.85. The first kappa shape index (κ1) is 15.9. The average molecular weight is 329 g/mol. The van der Waals surface area contributed by atoms with Gasteiger partial charge in [0.1, 0.15) is 0 Å². The molecule has 1 saturated carbocycles. The maximum atomic E-state index is 9.11.